The fourth-order valence-corrected chi connectivity index (χ4v) is 4.37. The van der Waals surface area contributed by atoms with Crippen LogP contribution >= 0.6 is 0 Å². The number of nitrogens with zero attached hydrogens (tertiary/aromatic N) is 1. The Hall–Kier alpha value is -3.75. The summed E-state index contributed by atoms with van der Waals surface area (Å²) < 4.78 is 5.48. The lowest BCUT2D eigenvalue weighted by molar-refractivity contribution is -0.150. The van der Waals surface area contributed by atoms with Gasteiger partial charge in [-0.2, -0.15) is 0 Å². The van der Waals surface area contributed by atoms with Crippen LogP contribution in [-0.2, 0) is 20.7 Å². The maximum Gasteiger partial charge on any atom is 0.408 e. The number of carbonyl (C=O) groups is 3. The molecule has 0 saturated heterocycles. The summed E-state index contributed by atoms with van der Waals surface area (Å²) in [5, 5.41) is 26.6. The van der Waals surface area contributed by atoms with Crippen molar-refractivity contribution >= 4 is 17.9 Å². The second-order valence-electron chi connectivity index (χ2n) is 13.1. The molecule has 0 saturated carbocycles. The highest BCUT2D eigenvalue weighted by molar-refractivity contribution is 5.93. The van der Waals surface area contributed by atoms with Crippen molar-refractivity contribution in [2.24, 2.45) is 0 Å². The fourth-order valence-electron chi connectivity index (χ4n) is 4.37. The molecular formula is C32H47N3O6. The van der Waals surface area contributed by atoms with Crippen molar-refractivity contribution in [2.45, 2.75) is 111 Å². The van der Waals surface area contributed by atoms with E-state index in [1.807, 2.05) is 41.5 Å². The van der Waals surface area contributed by atoms with Crippen molar-refractivity contribution in [3.05, 3.63) is 59.2 Å². The van der Waals surface area contributed by atoms with Crippen LogP contribution in [0.15, 0.2) is 42.5 Å². The summed E-state index contributed by atoms with van der Waals surface area (Å²) in [6, 6.07) is 9.09. The van der Waals surface area contributed by atoms with Gasteiger partial charge >= 0.3 is 6.09 Å². The molecule has 3 amide bonds. The van der Waals surface area contributed by atoms with E-state index in [2.05, 4.69) is 10.6 Å². The highest BCUT2D eigenvalue weighted by Gasteiger charge is 2.44. The van der Waals surface area contributed by atoms with Gasteiger partial charge < -0.3 is 30.5 Å². The highest BCUT2D eigenvalue weighted by Crippen LogP contribution is 2.37. The van der Waals surface area contributed by atoms with Crippen molar-refractivity contribution < 1.29 is 29.3 Å². The summed E-state index contributed by atoms with van der Waals surface area (Å²) in [7, 11) is 0. The number of hydrogen-bond acceptors (Lipinski definition) is 6. The molecule has 2 rings (SSSR count). The van der Waals surface area contributed by atoms with Crippen LogP contribution in [0.1, 0.15) is 91.5 Å². The molecule has 41 heavy (non-hydrogen) atoms. The summed E-state index contributed by atoms with van der Waals surface area (Å²) in [5.74, 6) is -1.000. The van der Waals surface area contributed by atoms with Gasteiger partial charge in [0, 0.05) is 23.1 Å². The number of ether oxygens (including phenoxy) is 1. The molecule has 0 aromatic heterocycles. The Morgan fingerprint density at radius 1 is 0.927 bits per heavy atom. The number of phenolic OH excluding ortho intramolecular Hbond substituents is 2. The van der Waals surface area contributed by atoms with Gasteiger partial charge in [-0.3, -0.25) is 9.59 Å². The number of carbonyl (C=O) groups excluding carboxylic acids is 3. The molecule has 0 aliphatic carbocycles. The average Bonchev–Trinajstić information content (AvgIpc) is 2.82. The summed E-state index contributed by atoms with van der Waals surface area (Å²) in [4.78, 5) is 43.1. The Balaban J connectivity index is 2.74. The number of hydrogen-bond donors (Lipinski definition) is 4. The van der Waals surface area contributed by atoms with E-state index in [1.54, 1.807) is 58.0 Å². The second-order valence-corrected chi connectivity index (χ2v) is 13.1. The maximum atomic E-state index is 14.6. The van der Waals surface area contributed by atoms with Gasteiger partial charge in [-0.15, -0.1) is 0 Å². The van der Waals surface area contributed by atoms with E-state index >= 15 is 0 Å². The van der Waals surface area contributed by atoms with Crippen LogP contribution < -0.4 is 10.6 Å². The Kier molecular flexibility index (Phi) is 10.5. The standard InChI is InChI=1S/C32H47N3O6/c1-11-32(9,10)35(25(27(38)34-30(3,4)5)23-14-12-13-20(2)26(23)37)28(39)24(33-29(40)41-31(6,7)8)19-21-15-17-22(36)18-16-21/h12-18,24-25,36-37H,11,19H2,1-10H3,(H,33,40)(H,34,38). The van der Waals surface area contributed by atoms with E-state index in [1.165, 1.54) is 17.0 Å². The lowest BCUT2D eigenvalue weighted by atomic mass is 9.90. The predicted molar refractivity (Wildman–Crippen MR) is 160 cm³/mol. The first-order valence-electron chi connectivity index (χ1n) is 14.0. The SMILES string of the molecule is CCC(C)(C)N(C(=O)C(Cc1ccc(O)cc1)NC(=O)OC(C)(C)C)C(C(=O)NC(C)(C)C)c1cccc(C)c1O. The first kappa shape index (κ1) is 33.5. The van der Waals surface area contributed by atoms with Crippen LogP contribution in [0, 0.1) is 6.92 Å². The molecule has 2 aromatic carbocycles. The number of aryl methyl sites for hydroxylation is 1. The van der Waals surface area contributed by atoms with Crippen LogP contribution in [0.4, 0.5) is 4.79 Å². The Morgan fingerprint density at radius 2 is 1.51 bits per heavy atom. The second kappa shape index (κ2) is 12.8. The summed E-state index contributed by atoms with van der Waals surface area (Å²) in [6.45, 7) is 18.0. The minimum atomic E-state index is -1.21. The Labute approximate surface area is 244 Å². The lowest BCUT2D eigenvalue weighted by Crippen LogP contribution is -2.60. The molecule has 2 aromatic rings. The molecule has 0 radical (unpaired) electrons. The van der Waals surface area contributed by atoms with E-state index < -0.39 is 46.7 Å². The van der Waals surface area contributed by atoms with Gasteiger partial charge in [0.2, 0.25) is 11.8 Å². The van der Waals surface area contributed by atoms with Crippen LogP contribution in [-0.4, -0.2) is 55.7 Å². The molecule has 9 heteroatoms. The minimum Gasteiger partial charge on any atom is -0.508 e. The fraction of sp³-hybridized carbons (Fsp3) is 0.531. The molecular weight excluding hydrogens is 522 g/mol. The van der Waals surface area contributed by atoms with Gasteiger partial charge in [-0.25, -0.2) is 4.79 Å². The lowest BCUT2D eigenvalue weighted by Gasteiger charge is -2.45. The minimum absolute atomic E-state index is 0.0688. The predicted octanol–water partition coefficient (Wildman–Crippen LogP) is 5.52. The number of rotatable bonds is 9. The van der Waals surface area contributed by atoms with Crippen molar-refractivity contribution in [1.29, 1.82) is 0 Å². The first-order chi connectivity index (χ1) is 18.8. The zero-order chi connectivity index (χ0) is 31.3. The van der Waals surface area contributed by atoms with Crippen LogP contribution in [0.25, 0.3) is 0 Å². The summed E-state index contributed by atoms with van der Waals surface area (Å²) in [5.41, 5.74) is -0.787. The number of para-hydroxylation sites is 1. The maximum absolute atomic E-state index is 14.6. The molecule has 0 aliphatic rings. The number of aromatic hydroxyl groups is 2. The van der Waals surface area contributed by atoms with E-state index in [0.29, 0.717) is 17.5 Å². The normalized spacial score (nSPS) is 13.6. The number of alkyl carbamates (subject to hydrolysis) is 1. The van der Waals surface area contributed by atoms with Gasteiger partial charge in [0.15, 0.2) is 0 Å². The first-order valence-corrected chi connectivity index (χ1v) is 14.0. The Morgan fingerprint density at radius 3 is 2.02 bits per heavy atom. The number of nitrogens with one attached hydrogen (secondary N) is 2. The monoisotopic (exact) mass is 569 g/mol. The molecule has 0 spiro atoms. The molecule has 2 unspecified atom stereocenters. The highest BCUT2D eigenvalue weighted by atomic mass is 16.6. The summed E-state index contributed by atoms with van der Waals surface area (Å²) in [6.07, 6.45) is -0.233. The zero-order valence-electron chi connectivity index (χ0n) is 26.1. The third kappa shape index (κ3) is 9.40. The van der Waals surface area contributed by atoms with Gasteiger partial charge in [-0.1, -0.05) is 37.3 Å². The van der Waals surface area contributed by atoms with E-state index in [0.717, 1.165) is 0 Å². The third-order valence-corrected chi connectivity index (χ3v) is 6.69. The molecule has 4 N–H and O–H groups in total. The topological polar surface area (TPSA) is 128 Å². The van der Waals surface area contributed by atoms with E-state index in [9.17, 15) is 24.6 Å². The largest absolute Gasteiger partial charge is 0.508 e. The molecule has 0 fully saturated rings. The van der Waals surface area contributed by atoms with Crippen LogP contribution in [0.5, 0.6) is 11.5 Å². The van der Waals surface area contributed by atoms with Gasteiger partial charge in [0.1, 0.15) is 29.2 Å². The molecule has 0 aliphatic heterocycles. The number of amides is 3. The number of phenols is 2. The molecule has 226 valence electrons. The van der Waals surface area contributed by atoms with Crippen molar-refractivity contribution in [3.63, 3.8) is 0 Å². The average molecular weight is 570 g/mol. The molecule has 0 bridgehead atoms. The molecule has 9 nitrogen and oxygen atoms in total. The van der Waals surface area contributed by atoms with Crippen molar-refractivity contribution in [1.82, 2.24) is 15.5 Å². The van der Waals surface area contributed by atoms with Gasteiger partial charge in [-0.05, 0) is 92.0 Å². The number of benzene rings is 2. The molecule has 0 heterocycles. The van der Waals surface area contributed by atoms with E-state index in [-0.39, 0.29) is 23.5 Å². The quantitative estimate of drug-likeness (QED) is 0.315. The molecule has 2 atom stereocenters. The Bertz CT molecular complexity index is 1230. The van der Waals surface area contributed by atoms with Crippen molar-refractivity contribution in [2.75, 3.05) is 0 Å². The smallest absolute Gasteiger partial charge is 0.408 e. The van der Waals surface area contributed by atoms with Gasteiger partial charge in [0.05, 0.1) is 0 Å². The van der Waals surface area contributed by atoms with Gasteiger partial charge in [0.25, 0.3) is 0 Å². The third-order valence-electron chi connectivity index (χ3n) is 6.69. The van der Waals surface area contributed by atoms with E-state index in [4.69, 9.17) is 4.74 Å². The summed E-state index contributed by atoms with van der Waals surface area (Å²) >= 11 is 0. The van der Waals surface area contributed by atoms with Crippen LogP contribution in [0.3, 0.4) is 0 Å². The zero-order valence-corrected chi connectivity index (χ0v) is 26.1. The van der Waals surface area contributed by atoms with Crippen molar-refractivity contribution in [3.8, 4) is 11.5 Å². The van der Waals surface area contributed by atoms with Crippen LogP contribution in [0.2, 0.25) is 0 Å².